The molecule has 2 aliphatic rings. The third-order valence-corrected chi connectivity index (χ3v) is 5.22. The van der Waals surface area contributed by atoms with Crippen LogP contribution in [0.15, 0.2) is 24.3 Å². The summed E-state index contributed by atoms with van der Waals surface area (Å²) in [7, 11) is 0. The van der Waals surface area contributed by atoms with Crippen LogP contribution in [0.5, 0.6) is 5.75 Å². The van der Waals surface area contributed by atoms with Crippen LogP contribution in [0.2, 0.25) is 0 Å². The summed E-state index contributed by atoms with van der Waals surface area (Å²) in [6.45, 7) is 0.248. The number of carbonyl (C=O) groups excluding carboxylic acids is 3. The van der Waals surface area contributed by atoms with Gasteiger partial charge < -0.3 is 15.4 Å². The zero-order chi connectivity index (χ0) is 21.2. The van der Waals surface area contributed by atoms with Gasteiger partial charge in [0.15, 0.2) is 6.61 Å². The number of nitrogens with zero attached hydrogens (tertiary/aromatic N) is 1. The van der Waals surface area contributed by atoms with Gasteiger partial charge in [-0.3, -0.25) is 14.5 Å². The highest BCUT2D eigenvalue weighted by Gasteiger charge is 2.52. The van der Waals surface area contributed by atoms with Crippen LogP contribution >= 0.6 is 0 Å². The molecule has 29 heavy (non-hydrogen) atoms. The average molecular weight is 413 g/mol. The molecule has 0 bridgehead atoms. The van der Waals surface area contributed by atoms with Crippen molar-refractivity contribution in [3.05, 3.63) is 24.3 Å². The highest BCUT2D eigenvalue weighted by Crippen LogP contribution is 2.36. The fraction of sp³-hybridized carbons (Fsp3) is 0.526. The molecule has 1 spiro atoms. The third kappa shape index (κ3) is 4.99. The fourth-order valence-corrected chi connectivity index (χ4v) is 3.56. The molecule has 1 saturated heterocycles. The van der Waals surface area contributed by atoms with Crippen molar-refractivity contribution in [2.75, 3.05) is 18.5 Å². The number of imide groups is 1. The van der Waals surface area contributed by atoms with E-state index in [2.05, 4.69) is 22.3 Å². The molecule has 2 N–H and O–H groups in total. The number of nitrogens with one attached hydrogen (secondary N) is 2. The smallest absolute Gasteiger partial charge is 0.422 e. The van der Waals surface area contributed by atoms with Crippen molar-refractivity contribution in [1.29, 1.82) is 0 Å². The lowest BCUT2D eigenvalue weighted by Gasteiger charge is -2.33. The lowest BCUT2D eigenvalue weighted by Crippen LogP contribution is -2.49. The molecular formula is C19H22F3N3O4. The van der Waals surface area contributed by atoms with Gasteiger partial charge in [0.2, 0.25) is 5.91 Å². The summed E-state index contributed by atoms with van der Waals surface area (Å²) >= 11 is 0. The predicted octanol–water partition coefficient (Wildman–Crippen LogP) is 3.07. The maximum Gasteiger partial charge on any atom is 0.422 e. The second-order valence-corrected chi connectivity index (χ2v) is 7.56. The van der Waals surface area contributed by atoms with Crippen LogP contribution in [-0.4, -0.2) is 47.6 Å². The minimum Gasteiger partial charge on any atom is -0.484 e. The normalized spacial score (nSPS) is 24.6. The number of hydrogen-bond acceptors (Lipinski definition) is 4. The fourth-order valence-electron chi connectivity index (χ4n) is 3.56. The lowest BCUT2D eigenvalue weighted by atomic mass is 9.77. The lowest BCUT2D eigenvalue weighted by molar-refractivity contribution is -0.153. The quantitative estimate of drug-likeness (QED) is 0.727. The van der Waals surface area contributed by atoms with Crippen LogP contribution in [0.4, 0.5) is 23.7 Å². The highest BCUT2D eigenvalue weighted by atomic mass is 19.4. The van der Waals surface area contributed by atoms with Gasteiger partial charge in [-0.2, -0.15) is 13.2 Å². The van der Waals surface area contributed by atoms with Crippen LogP contribution in [0.25, 0.3) is 0 Å². The molecule has 0 atom stereocenters. The van der Waals surface area contributed by atoms with Gasteiger partial charge >= 0.3 is 12.2 Å². The number of alkyl halides is 3. The van der Waals surface area contributed by atoms with Crippen LogP contribution < -0.4 is 15.4 Å². The molecule has 7 nitrogen and oxygen atoms in total. The van der Waals surface area contributed by atoms with E-state index in [1.165, 1.54) is 24.3 Å². The Morgan fingerprint density at radius 1 is 1.24 bits per heavy atom. The van der Waals surface area contributed by atoms with Gasteiger partial charge in [0, 0.05) is 5.69 Å². The second-order valence-electron chi connectivity index (χ2n) is 7.56. The molecule has 1 saturated carbocycles. The first-order valence-corrected chi connectivity index (χ1v) is 9.31. The minimum atomic E-state index is -4.44. The SMILES string of the molecule is CC1CCC2(CC1)NC(=O)N(CC(=O)Nc1ccc(OCC(F)(F)F)cc1)C2=O. The Balaban J connectivity index is 1.55. The van der Waals surface area contributed by atoms with Crippen molar-refractivity contribution in [3.8, 4) is 5.75 Å². The van der Waals surface area contributed by atoms with Crippen molar-refractivity contribution in [1.82, 2.24) is 10.2 Å². The van der Waals surface area contributed by atoms with Crippen LogP contribution in [0.1, 0.15) is 32.6 Å². The van der Waals surface area contributed by atoms with Gasteiger partial charge in [0.1, 0.15) is 17.8 Å². The van der Waals surface area contributed by atoms with Crippen LogP contribution in [0.3, 0.4) is 0 Å². The van der Waals surface area contributed by atoms with Crippen LogP contribution in [0, 0.1) is 5.92 Å². The predicted molar refractivity (Wildman–Crippen MR) is 97.2 cm³/mol. The molecule has 0 radical (unpaired) electrons. The third-order valence-electron chi connectivity index (χ3n) is 5.22. The second kappa shape index (κ2) is 7.92. The average Bonchev–Trinajstić information content (AvgIpc) is 2.87. The van der Waals surface area contributed by atoms with E-state index in [1.54, 1.807) is 0 Å². The van der Waals surface area contributed by atoms with Gasteiger partial charge in [0.25, 0.3) is 5.91 Å². The van der Waals surface area contributed by atoms with E-state index in [0.717, 1.165) is 17.7 Å². The molecule has 1 aromatic carbocycles. The zero-order valence-electron chi connectivity index (χ0n) is 15.8. The van der Waals surface area contributed by atoms with Crippen LogP contribution in [-0.2, 0) is 9.59 Å². The van der Waals surface area contributed by atoms with Crippen molar-refractivity contribution in [3.63, 3.8) is 0 Å². The number of rotatable bonds is 5. The van der Waals surface area contributed by atoms with E-state index in [9.17, 15) is 27.6 Å². The van der Waals surface area contributed by atoms with Crippen molar-refractivity contribution in [2.24, 2.45) is 5.92 Å². The van der Waals surface area contributed by atoms with E-state index < -0.39 is 36.8 Å². The number of halogens is 3. The van der Waals surface area contributed by atoms with Gasteiger partial charge in [0.05, 0.1) is 0 Å². The number of benzene rings is 1. The first kappa shape index (κ1) is 20.9. The molecular weight excluding hydrogens is 391 g/mol. The van der Waals surface area contributed by atoms with Crippen molar-refractivity contribution >= 4 is 23.5 Å². The maximum absolute atomic E-state index is 12.7. The summed E-state index contributed by atoms with van der Waals surface area (Å²) < 4.78 is 41.1. The Labute approximate surface area is 165 Å². The summed E-state index contributed by atoms with van der Waals surface area (Å²) in [5, 5.41) is 5.26. The number of amides is 4. The van der Waals surface area contributed by atoms with Crippen molar-refractivity contribution in [2.45, 2.75) is 44.3 Å². The molecule has 4 amide bonds. The summed E-state index contributed by atoms with van der Waals surface area (Å²) in [6.07, 6.45) is -1.68. The maximum atomic E-state index is 12.7. The number of hydrogen-bond donors (Lipinski definition) is 2. The summed E-state index contributed by atoms with van der Waals surface area (Å²) in [5.74, 6) is -0.479. The van der Waals surface area contributed by atoms with Gasteiger partial charge in [-0.25, -0.2) is 4.79 Å². The molecule has 158 valence electrons. The Morgan fingerprint density at radius 2 is 1.86 bits per heavy atom. The zero-order valence-corrected chi connectivity index (χ0v) is 15.8. The number of ether oxygens (including phenoxy) is 1. The van der Waals surface area contributed by atoms with Gasteiger partial charge in [-0.1, -0.05) is 6.92 Å². The summed E-state index contributed by atoms with van der Waals surface area (Å²) in [6, 6.07) is 4.73. The summed E-state index contributed by atoms with van der Waals surface area (Å²) in [5.41, 5.74) is -0.607. The summed E-state index contributed by atoms with van der Waals surface area (Å²) in [4.78, 5) is 38.1. The highest BCUT2D eigenvalue weighted by molar-refractivity contribution is 6.10. The van der Waals surface area contributed by atoms with Gasteiger partial charge in [-0.05, 0) is 55.9 Å². The number of carbonyl (C=O) groups is 3. The van der Waals surface area contributed by atoms with E-state index in [4.69, 9.17) is 0 Å². The Bertz CT molecular complexity index is 787. The molecule has 1 aromatic rings. The molecule has 0 unspecified atom stereocenters. The largest absolute Gasteiger partial charge is 0.484 e. The first-order chi connectivity index (χ1) is 13.6. The molecule has 1 heterocycles. The first-order valence-electron chi connectivity index (χ1n) is 9.31. The van der Waals surface area contributed by atoms with E-state index >= 15 is 0 Å². The Morgan fingerprint density at radius 3 is 2.45 bits per heavy atom. The molecule has 1 aliphatic carbocycles. The van der Waals surface area contributed by atoms with Gasteiger partial charge in [-0.15, -0.1) is 0 Å². The minimum absolute atomic E-state index is 0.00268. The van der Waals surface area contributed by atoms with E-state index in [-0.39, 0.29) is 11.7 Å². The van der Waals surface area contributed by atoms with Crippen molar-refractivity contribution < 1.29 is 32.3 Å². The molecule has 1 aliphatic heterocycles. The monoisotopic (exact) mass is 413 g/mol. The Hall–Kier alpha value is -2.78. The molecule has 2 fully saturated rings. The number of anilines is 1. The molecule has 10 heteroatoms. The molecule has 3 rings (SSSR count). The number of urea groups is 1. The molecule has 0 aromatic heterocycles. The topological polar surface area (TPSA) is 87.7 Å². The Kier molecular flexibility index (Phi) is 5.72. The van der Waals surface area contributed by atoms with E-state index in [0.29, 0.717) is 24.4 Å². The van der Waals surface area contributed by atoms with E-state index in [1.807, 2.05) is 0 Å². The standard InChI is InChI=1S/C19H22F3N3O4/c1-12-6-8-18(9-7-12)16(27)25(17(28)24-18)10-15(26)23-13-2-4-14(5-3-13)29-11-19(20,21)22/h2-5,12H,6-11H2,1H3,(H,23,26)(H,24,28).